The number of nitrogens with one attached hydrogen (secondary N) is 1. The Hall–Kier alpha value is -2.01. The molecule has 90 valence electrons. The molecule has 0 fully saturated rings. The van der Waals surface area contributed by atoms with Crippen LogP contribution in [0.1, 0.15) is 11.5 Å². The molecule has 0 spiro atoms. The van der Waals surface area contributed by atoms with Crippen molar-refractivity contribution in [1.29, 1.82) is 0 Å². The SMILES string of the molecule is c1ccc(CCc2nc(-c3cccs3)n[nH]2)nc1. The van der Waals surface area contributed by atoms with Gasteiger partial charge in [-0.1, -0.05) is 12.1 Å². The first-order chi connectivity index (χ1) is 8.92. The summed E-state index contributed by atoms with van der Waals surface area (Å²) in [5, 5.41) is 9.23. The zero-order chi connectivity index (χ0) is 12.2. The van der Waals surface area contributed by atoms with E-state index in [-0.39, 0.29) is 0 Å². The summed E-state index contributed by atoms with van der Waals surface area (Å²) in [6.45, 7) is 0. The van der Waals surface area contributed by atoms with Crippen LogP contribution in [0.2, 0.25) is 0 Å². The number of nitrogens with zero attached hydrogens (tertiary/aromatic N) is 3. The van der Waals surface area contributed by atoms with Gasteiger partial charge in [0.1, 0.15) is 5.82 Å². The van der Waals surface area contributed by atoms with E-state index in [1.54, 1.807) is 11.3 Å². The van der Waals surface area contributed by atoms with E-state index in [2.05, 4.69) is 20.2 Å². The lowest BCUT2D eigenvalue weighted by molar-refractivity contribution is 0.842. The molecular weight excluding hydrogens is 244 g/mol. The first-order valence-electron chi connectivity index (χ1n) is 5.77. The van der Waals surface area contributed by atoms with Crippen LogP contribution in [0.3, 0.4) is 0 Å². The lowest BCUT2D eigenvalue weighted by Gasteiger charge is -1.96. The molecule has 0 unspecified atom stereocenters. The topological polar surface area (TPSA) is 54.5 Å². The van der Waals surface area contributed by atoms with E-state index in [9.17, 15) is 0 Å². The third kappa shape index (κ3) is 2.46. The van der Waals surface area contributed by atoms with Crippen LogP contribution >= 0.6 is 11.3 Å². The van der Waals surface area contributed by atoms with Crippen molar-refractivity contribution < 1.29 is 0 Å². The maximum absolute atomic E-state index is 4.48. The fourth-order valence-corrected chi connectivity index (χ4v) is 2.37. The van der Waals surface area contributed by atoms with E-state index in [0.717, 1.165) is 35.1 Å². The van der Waals surface area contributed by atoms with Gasteiger partial charge in [0.2, 0.25) is 0 Å². The van der Waals surface area contributed by atoms with Gasteiger partial charge in [0.15, 0.2) is 5.82 Å². The van der Waals surface area contributed by atoms with Crippen LogP contribution in [0.25, 0.3) is 10.7 Å². The number of aryl methyl sites for hydroxylation is 2. The molecule has 0 aromatic carbocycles. The largest absolute Gasteiger partial charge is 0.263 e. The van der Waals surface area contributed by atoms with Crippen LogP contribution in [0.4, 0.5) is 0 Å². The second-order valence-electron chi connectivity index (χ2n) is 3.90. The van der Waals surface area contributed by atoms with Crippen molar-refractivity contribution in [2.24, 2.45) is 0 Å². The molecule has 3 aromatic rings. The van der Waals surface area contributed by atoms with Gasteiger partial charge in [0.25, 0.3) is 0 Å². The van der Waals surface area contributed by atoms with Crippen molar-refractivity contribution in [3.05, 3.63) is 53.4 Å². The van der Waals surface area contributed by atoms with Crippen molar-refractivity contribution in [1.82, 2.24) is 20.2 Å². The molecule has 0 aliphatic rings. The summed E-state index contributed by atoms with van der Waals surface area (Å²) in [4.78, 5) is 9.87. The Bertz CT molecular complexity index is 601. The number of H-pyrrole nitrogens is 1. The van der Waals surface area contributed by atoms with Gasteiger partial charge in [0, 0.05) is 18.3 Å². The van der Waals surface area contributed by atoms with Crippen LogP contribution in [0.15, 0.2) is 41.9 Å². The molecule has 3 rings (SSSR count). The van der Waals surface area contributed by atoms with Gasteiger partial charge in [-0.3, -0.25) is 10.1 Å². The van der Waals surface area contributed by atoms with Crippen LogP contribution in [-0.4, -0.2) is 20.2 Å². The van der Waals surface area contributed by atoms with Crippen LogP contribution in [-0.2, 0) is 12.8 Å². The number of aromatic nitrogens is 4. The molecule has 1 N–H and O–H groups in total. The number of hydrogen-bond donors (Lipinski definition) is 1. The first kappa shape index (κ1) is 11.1. The van der Waals surface area contributed by atoms with E-state index in [1.807, 2.05) is 41.9 Å². The fourth-order valence-electron chi connectivity index (χ4n) is 1.72. The molecule has 0 bridgehead atoms. The summed E-state index contributed by atoms with van der Waals surface area (Å²) in [5.41, 5.74) is 1.08. The monoisotopic (exact) mass is 256 g/mol. The summed E-state index contributed by atoms with van der Waals surface area (Å²) in [6.07, 6.45) is 3.52. The lowest BCUT2D eigenvalue weighted by Crippen LogP contribution is -1.95. The minimum Gasteiger partial charge on any atom is -0.263 e. The third-order valence-corrected chi connectivity index (χ3v) is 3.48. The van der Waals surface area contributed by atoms with Crippen LogP contribution in [0.5, 0.6) is 0 Å². The summed E-state index contributed by atoms with van der Waals surface area (Å²) in [6, 6.07) is 9.98. The molecule has 0 amide bonds. The average Bonchev–Trinajstić information content (AvgIpc) is 3.08. The molecule has 5 heteroatoms. The molecule has 3 heterocycles. The number of pyridine rings is 1. The quantitative estimate of drug-likeness (QED) is 0.781. The van der Waals surface area contributed by atoms with E-state index in [4.69, 9.17) is 0 Å². The zero-order valence-electron chi connectivity index (χ0n) is 9.71. The predicted molar refractivity (Wildman–Crippen MR) is 71.3 cm³/mol. The van der Waals surface area contributed by atoms with Gasteiger partial charge in [-0.2, -0.15) is 5.10 Å². The Morgan fingerprint density at radius 1 is 1.11 bits per heavy atom. The van der Waals surface area contributed by atoms with E-state index in [0.29, 0.717) is 0 Å². The summed E-state index contributed by atoms with van der Waals surface area (Å²) < 4.78 is 0. The van der Waals surface area contributed by atoms with E-state index < -0.39 is 0 Å². The van der Waals surface area contributed by atoms with Gasteiger partial charge >= 0.3 is 0 Å². The van der Waals surface area contributed by atoms with Gasteiger partial charge in [0.05, 0.1) is 4.88 Å². The number of hydrogen-bond acceptors (Lipinski definition) is 4. The maximum Gasteiger partial charge on any atom is 0.191 e. The minimum absolute atomic E-state index is 0.779. The molecule has 3 aromatic heterocycles. The number of aromatic amines is 1. The highest BCUT2D eigenvalue weighted by Crippen LogP contribution is 2.20. The van der Waals surface area contributed by atoms with Gasteiger partial charge < -0.3 is 0 Å². The molecule has 0 aliphatic heterocycles. The van der Waals surface area contributed by atoms with E-state index >= 15 is 0 Å². The molecule has 0 aliphatic carbocycles. The maximum atomic E-state index is 4.48. The second kappa shape index (κ2) is 5.10. The summed E-state index contributed by atoms with van der Waals surface area (Å²) >= 11 is 1.65. The normalized spacial score (nSPS) is 10.7. The third-order valence-electron chi connectivity index (χ3n) is 2.62. The van der Waals surface area contributed by atoms with Crippen molar-refractivity contribution in [2.45, 2.75) is 12.8 Å². The Morgan fingerprint density at radius 2 is 2.11 bits per heavy atom. The molecular formula is C13H12N4S. The Kier molecular flexibility index (Phi) is 3.14. The number of thiophene rings is 1. The molecule has 0 atom stereocenters. The number of rotatable bonds is 4. The predicted octanol–water partition coefficient (Wildman–Crippen LogP) is 2.71. The van der Waals surface area contributed by atoms with Crippen molar-refractivity contribution in [3.63, 3.8) is 0 Å². The highest BCUT2D eigenvalue weighted by Gasteiger charge is 2.06. The van der Waals surface area contributed by atoms with Gasteiger partial charge in [-0.05, 0) is 30.0 Å². The highest BCUT2D eigenvalue weighted by atomic mass is 32.1. The lowest BCUT2D eigenvalue weighted by atomic mass is 10.2. The van der Waals surface area contributed by atoms with E-state index in [1.165, 1.54) is 0 Å². The zero-order valence-corrected chi connectivity index (χ0v) is 10.5. The molecule has 4 nitrogen and oxygen atoms in total. The summed E-state index contributed by atoms with van der Waals surface area (Å²) in [5.74, 6) is 1.69. The Morgan fingerprint density at radius 3 is 2.89 bits per heavy atom. The average molecular weight is 256 g/mol. The Balaban J connectivity index is 1.68. The molecule has 0 radical (unpaired) electrons. The first-order valence-corrected chi connectivity index (χ1v) is 6.65. The smallest absolute Gasteiger partial charge is 0.191 e. The van der Waals surface area contributed by atoms with Crippen LogP contribution < -0.4 is 0 Å². The minimum atomic E-state index is 0.779. The fraction of sp³-hybridized carbons (Fsp3) is 0.154. The molecule has 0 saturated heterocycles. The van der Waals surface area contributed by atoms with Crippen LogP contribution in [0, 0.1) is 0 Å². The molecule has 18 heavy (non-hydrogen) atoms. The van der Waals surface area contributed by atoms with Crippen molar-refractivity contribution in [3.8, 4) is 10.7 Å². The summed E-state index contributed by atoms with van der Waals surface area (Å²) in [7, 11) is 0. The second-order valence-corrected chi connectivity index (χ2v) is 4.85. The van der Waals surface area contributed by atoms with Crippen molar-refractivity contribution >= 4 is 11.3 Å². The van der Waals surface area contributed by atoms with Crippen molar-refractivity contribution in [2.75, 3.05) is 0 Å². The van der Waals surface area contributed by atoms with Gasteiger partial charge in [-0.15, -0.1) is 11.3 Å². The highest BCUT2D eigenvalue weighted by molar-refractivity contribution is 7.13. The van der Waals surface area contributed by atoms with Gasteiger partial charge in [-0.25, -0.2) is 4.98 Å². The Labute approximate surface area is 109 Å². The molecule has 0 saturated carbocycles. The standard InChI is InChI=1S/C13H12N4S/c1-2-8-14-10(4-1)6-7-12-15-13(17-16-12)11-5-3-9-18-11/h1-5,8-9H,6-7H2,(H,15,16,17).